The van der Waals surface area contributed by atoms with Gasteiger partial charge in [-0.3, -0.25) is 0 Å². The Hall–Kier alpha value is -1.48. The van der Waals surface area contributed by atoms with Gasteiger partial charge in [0.2, 0.25) is 10.6 Å². The molecule has 0 saturated carbocycles. The molecule has 1 N–H and O–H groups in total. The Balaban J connectivity index is 1.57. The zero-order valence-electron chi connectivity index (χ0n) is 33.4. The molecule has 0 radical (unpaired) electrons. The normalized spacial score (nSPS) is 13.3. The van der Waals surface area contributed by atoms with Crippen molar-refractivity contribution in [1.29, 1.82) is 0 Å². The molecule has 0 aliphatic carbocycles. The Kier molecular flexibility index (Phi) is 28.5. The van der Waals surface area contributed by atoms with Crippen molar-refractivity contribution in [2.75, 3.05) is 19.8 Å². The average molecular weight is 801 g/mol. The molecule has 304 valence electrons. The Bertz CT molecular complexity index is 1140. The van der Waals surface area contributed by atoms with Crippen LogP contribution in [0.1, 0.15) is 186 Å². The van der Waals surface area contributed by atoms with Crippen LogP contribution in [0.2, 0.25) is 15.7 Å². The van der Waals surface area contributed by atoms with E-state index in [2.05, 4.69) is 38.8 Å². The van der Waals surface area contributed by atoms with Crippen molar-refractivity contribution in [1.82, 2.24) is 24.9 Å². The summed E-state index contributed by atoms with van der Waals surface area (Å²) in [7, 11) is 0. The summed E-state index contributed by atoms with van der Waals surface area (Å²) < 4.78 is 11.6. The zero-order chi connectivity index (χ0) is 38.4. The van der Waals surface area contributed by atoms with E-state index in [4.69, 9.17) is 44.3 Å². The van der Waals surface area contributed by atoms with Crippen molar-refractivity contribution in [3.05, 3.63) is 27.5 Å². The van der Waals surface area contributed by atoms with Crippen molar-refractivity contribution < 1.29 is 14.6 Å². The molecule has 2 rings (SSSR count). The maximum absolute atomic E-state index is 9.70. The van der Waals surface area contributed by atoms with Crippen LogP contribution in [-0.2, 0) is 0 Å². The first-order chi connectivity index (χ1) is 25.8. The van der Waals surface area contributed by atoms with Crippen LogP contribution in [0.15, 0.2) is 6.07 Å². The van der Waals surface area contributed by atoms with Crippen LogP contribution in [0.25, 0.3) is 0 Å². The summed E-state index contributed by atoms with van der Waals surface area (Å²) in [5.41, 5.74) is 0.833. The number of nitrogens with zero attached hydrogens (tertiary/aromatic N) is 5. The van der Waals surface area contributed by atoms with E-state index >= 15 is 0 Å². The third-order valence-electron chi connectivity index (χ3n) is 10.5. The molecule has 0 saturated heterocycles. The third-order valence-corrected chi connectivity index (χ3v) is 11.1. The Morgan fingerprint density at radius 3 is 1.30 bits per heavy atom. The van der Waals surface area contributed by atoms with Crippen LogP contribution in [0.4, 0.5) is 0 Å². The highest BCUT2D eigenvalue weighted by atomic mass is 35.5. The van der Waals surface area contributed by atoms with E-state index in [1.165, 1.54) is 148 Å². The zero-order valence-corrected chi connectivity index (χ0v) is 35.7. The van der Waals surface area contributed by atoms with Gasteiger partial charge in [-0.05, 0) is 73.2 Å². The minimum Gasteiger partial charge on any atom is -0.463 e. The first-order valence-corrected chi connectivity index (χ1v) is 22.4. The van der Waals surface area contributed by atoms with Crippen LogP contribution in [-0.4, -0.2) is 49.8 Å². The second-order valence-electron chi connectivity index (χ2n) is 15.2. The number of aromatic nitrogens is 5. The lowest BCUT2D eigenvalue weighted by atomic mass is 9.90. The molecule has 8 nitrogen and oxygen atoms in total. The highest BCUT2D eigenvalue weighted by Crippen LogP contribution is 2.26. The number of hydrogen-bond acceptors (Lipinski definition) is 8. The quantitative estimate of drug-likeness (QED) is 0.0543. The number of hydrogen-bond donors (Lipinski definition) is 1. The molecule has 0 spiro atoms. The molecular weight excluding hydrogens is 729 g/mol. The molecule has 0 fully saturated rings. The van der Waals surface area contributed by atoms with Crippen LogP contribution >= 0.6 is 34.8 Å². The summed E-state index contributed by atoms with van der Waals surface area (Å²) in [4.78, 5) is 20.4. The summed E-state index contributed by atoms with van der Waals surface area (Å²) in [6, 6.07) is 2.35. The molecule has 2 aromatic rings. The lowest BCUT2D eigenvalue weighted by Gasteiger charge is -2.18. The van der Waals surface area contributed by atoms with E-state index in [0.29, 0.717) is 48.7 Å². The molecule has 0 bridgehead atoms. The minimum atomic E-state index is 0.0575. The molecule has 3 unspecified atom stereocenters. The maximum atomic E-state index is 9.70. The molecule has 2 aromatic heterocycles. The molecule has 0 aromatic carbocycles. The predicted molar refractivity (Wildman–Crippen MR) is 222 cm³/mol. The second kappa shape index (κ2) is 31.7. The number of aliphatic hydroxyl groups is 1. The van der Waals surface area contributed by atoms with Gasteiger partial charge in [-0.2, -0.15) is 19.9 Å². The van der Waals surface area contributed by atoms with Crippen LogP contribution in [0, 0.1) is 24.7 Å². The Labute approximate surface area is 337 Å². The fourth-order valence-electron chi connectivity index (χ4n) is 7.39. The average Bonchev–Trinajstić information content (AvgIpc) is 3.11. The summed E-state index contributed by atoms with van der Waals surface area (Å²) >= 11 is 17.8. The van der Waals surface area contributed by atoms with Crippen molar-refractivity contribution in [3.8, 4) is 12.0 Å². The number of unbranched alkanes of at least 4 members (excludes halogenated alkanes) is 13. The molecule has 0 amide bonds. The van der Waals surface area contributed by atoms with Gasteiger partial charge >= 0.3 is 12.0 Å². The molecule has 0 aliphatic heterocycles. The van der Waals surface area contributed by atoms with Crippen molar-refractivity contribution in [3.63, 3.8) is 0 Å². The van der Waals surface area contributed by atoms with Crippen LogP contribution in [0.3, 0.4) is 0 Å². The smallest absolute Gasteiger partial charge is 0.322 e. The van der Waals surface area contributed by atoms with Gasteiger partial charge in [-0.1, -0.05) is 173 Å². The molecule has 3 atom stereocenters. The first-order valence-electron chi connectivity index (χ1n) is 21.3. The van der Waals surface area contributed by atoms with E-state index in [-0.39, 0.29) is 16.6 Å². The number of rotatable bonds is 35. The van der Waals surface area contributed by atoms with Crippen molar-refractivity contribution in [2.45, 2.75) is 188 Å². The van der Waals surface area contributed by atoms with E-state index in [9.17, 15) is 5.11 Å². The lowest BCUT2D eigenvalue weighted by Crippen LogP contribution is -2.09. The largest absolute Gasteiger partial charge is 0.463 e. The molecule has 2 heterocycles. The van der Waals surface area contributed by atoms with E-state index in [1.807, 2.05) is 6.92 Å². The summed E-state index contributed by atoms with van der Waals surface area (Å²) in [6.07, 6.45) is 32.5. The van der Waals surface area contributed by atoms with E-state index in [1.54, 1.807) is 6.07 Å². The maximum Gasteiger partial charge on any atom is 0.322 e. The van der Waals surface area contributed by atoms with Gasteiger partial charge in [-0.25, -0.2) is 4.98 Å². The Morgan fingerprint density at radius 2 is 0.868 bits per heavy atom. The molecule has 0 aliphatic rings. The SMILES string of the molecule is CCCCCCC(CCCCCCCC(CCO)CCCCCCCC(CCCCC)CCOc1nc(Cl)nc(Cl)n1)CCOc1nc(C)cc(Cl)n1. The summed E-state index contributed by atoms with van der Waals surface area (Å²) in [5, 5.41) is 10.3. The first kappa shape index (κ1) is 47.7. The van der Waals surface area contributed by atoms with Crippen LogP contribution in [0.5, 0.6) is 12.0 Å². The van der Waals surface area contributed by atoms with Gasteiger partial charge in [0.15, 0.2) is 0 Å². The van der Waals surface area contributed by atoms with Gasteiger partial charge in [0, 0.05) is 12.3 Å². The highest BCUT2D eigenvalue weighted by Gasteiger charge is 2.13. The predicted octanol–water partition coefficient (Wildman–Crippen LogP) is 13.4. The standard InChI is InChI=1S/C42H72Cl3N5O3/c1-4-6-8-16-24-37(28-31-52-41-46-34(3)33-38(43)47-41)26-20-14-10-12-18-23-35(27-30-51)22-17-11-9-13-19-25-36(21-15-7-5-2)29-32-53-42-49-39(44)48-40(45)50-42/h33,35-37,51H,4-32H2,1-3H3. The van der Waals surface area contributed by atoms with Crippen molar-refractivity contribution >= 4 is 34.8 Å². The minimum absolute atomic E-state index is 0.0575. The summed E-state index contributed by atoms with van der Waals surface area (Å²) in [5.74, 6) is 2.01. The van der Waals surface area contributed by atoms with Gasteiger partial charge in [0.25, 0.3) is 0 Å². The molecular formula is C42H72Cl3N5O3. The van der Waals surface area contributed by atoms with Crippen LogP contribution < -0.4 is 9.47 Å². The van der Waals surface area contributed by atoms with Gasteiger partial charge in [-0.15, -0.1) is 0 Å². The number of aryl methyl sites for hydroxylation is 1. The van der Waals surface area contributed by atoms with Crippen molar-refractivity contribution in [2.24, 2.45) is 17.8 Å². The monoisotopic (exact) mass is 799 g/mol. The Morgan fingerprint density at radius 1 is 0.491 bits per heavy atom. The topological polar surface area (TPSA) is 103 Å². The molecule has 53 heavy (non-hydrogen) atoms. The van der Waals surface area contributed by atoms with Gasteiger partial charge < -0.3 is 14.6 Å². The summed E-state index contributed by atoms with van der Waals surface area (Å²) in [6.45, 7) is 7.97. The number of halogens is 3. The molecule has 11 heteroatoms. The number of aliphatic hydroxyl groups excluding tert-OH is 1. The van der Waals surface area contributed by atoms with Gasteiger partial charge in [0.05, 0.1) is 13.2 Å². The second-order valence-corrected chi connectivity index (χ2v) is 16.3. The lowest BCUT2D eigenvalue weighted by molar-refractivity contribution is 0.240. The third kappa shape index (κ3) is 25.3. The number of ether oxygens (including phenoxy) is 2. The van der Waals surface area contributed by atoms with E-state index < -0.39 is 0 Å². The fourth-order valence-corrected chi connectivity index (χ4v) is 7.97. The van der Waals surface area contributed by atoms with Gasteiger partial charge in [0.1, 0.15) is 5.15 Å². The fraction of sp³-hybridized carbons (Fsp3) is 0.833. The highest BCUT2D eigenvalue weighted by molar-refractivity contribution is 6.31. The van der Waals surface area contributed by atoms with E-state index in [0.717, 1.165) is 25.0 Å².